The van der Waals surface area contributed by atoms with Crippen LogP contribution in [-0.4, -0.2) is 6.61 Å². The van der Waals surface area contributed by atoms with E-state index in [0.717, 1.165) is 12.2 Å². The maximum atomic E-state index is 5.34. The third-order valence-corrected chi connectivity index (χ3v) is 1.27. The molecule has 0 aliphatic heterocycles. The molecule has 1 aromatic carbocycles. The minimum Gasteiger partial charge on any atom is -0.493 e. The summed E-state index contributed by atoms with van der Waals surface area (Å²) < 4.78 is 5.34. The second-order valence-electron chi connectivity index (χ2n) is 2.16. The molecule has 1 radical (unpaired) electrons. The lowest BCUT2D eigenvalue weighted by molar-refractivity contribution is 0.325. The molecule has 0 unspecified atom stereocenters. The van der Waals surface area contributed by atoms with Gasteiger partial charge in [-0.15, -0.1) is 6.58 Å². The van der Waals surface area contributed by atoms with Crippen LogP contribution in [0, 0.1) is 6.07 Å². The van der Waals surface area contributed by atoms with Crippen molar-refractivity contribution in [2.75, 3.05) is 6.61 Å². The molecule has 0 bridgehead atoms. The van der Waals surface area contributed by atoms with Crippen molar-refractivity contribution in [2.45, 2.75) is 6.42 Å². The lowest BCUT2D eigenvalue weighted by atomic mass is 10.3. The van der Waals surface area contributed by atoms with E-state index in [2.05, 4.69) is 12.6 Å². The van der Waals surface area contributed by atoms with Crippen LogP contribution in [0.5, 0.6) is 5.75 Å². The average Bonchev–Trinajstić information content (AvgIpc) is 2.07. The summed E-state index contributed by atoms with van der Waals surface area (Å²) in [5.74, 6) is 0.870. The monoisotopic (exact) mass is 147 g/mol. The van der Waals surface area contributed by atoms with Gasteiger partial charge in [-0.2, -0.15) is 0 Å². The van der Waals surface area contributed by atoms with Gasteiger partial charge in [0.05, 0.1) is 6.61 Å². The van der Waals surface area contributed by atoms with Gasteiger partial charge in [0.2, 0.25) is 0 Å². The second-order valence-corrected chi connectivity index (χ2v) is 2.16. The van der Waals surface area contributed by atoms with Gasteiger partial charge in [-0.25, -0.2) is 0 Å². The molecule has 0 aromatic heterocycles. The Morgan fingerprint density at radius 3 is 3.18 bits per heavy atom. The van der Waals surface area contributed by atoms with E-state index in [1.165, 1.54) is 0 Å². The normalized spacial score (nSPS) is 9.09. The summed E-state index contributed by atoms with van der Waals surface area (Å²) in [7, 11) is 0. The van der Waals surface area contributed by atoms with E-state index in [1.54, 1.807) is 0 Å². The fraction of sp³-hybridized carbons (Fsp3) is 0.200. The van der Waals surface area contributed by atoms with Crippen LogP contribution in [0.1, 0.15) is 6.42 Å². The first kappa shape index (κ1) is 7.86. The minimum absolute atomic E-state index is 0.696. The van der Waals surface area contributed by atoms with Crippen molar-refractivity contribution in [2.24, 2.45) is 0 Å². The lowest BCUT2D eigenvalue weighted by Gasteiger charge is -2.01. The summed E-state index contributed by atoms with van der Waals surface area (Å²) in [5, 5.41) is 0. The van der Waals surface area contributed by atoms with Crippen LogP contribution < -0.4 is 4.74 Å². The van der Waals surface area contributed by atoms with Crippen LogP contribution in [0.15, 0.2) is 36.9 Å². The van der Waals surface area contributed by atoms with E-state index in [9.17, 15) is 0 Å². The van der Waals surface area contributed by atoms with Crippen molar-refractivity contribution in [1.29, 1.82) is 0 Å². The van der Waals surface area contributed by atoms with Crippen molar-refractivity contribution in [3.8, 4) is 5.75 Å². The van der Waals surface area contributed by atoms with Gasteiger partial charge in [-0.1, -0.05) is 18.2 Å². The summed E-state index contributed by atoms with van der Waals surface area (Å²) in [6, 6.07) is 10.4. The van der Waals surface area contributed by atoms with E-state index in [1.807, 2.05) is 30.3 Å². The highest BCUT2D eigenvalue weighted by Gasteiger charge is 1.87. The van der Waals surface area contributed by atoms with Gasteiger partial charge in [-0.05, 0) is 24.6 Å². The molecule has 0 fully saturated rings. The Kier molecular flexibility index (Phi) is 3.26. The second kappa shape index (κ2) is 4.56. The van der Waals surface area contributed by atoms with Gasteiger partial charge in [0.25, 0.3) is 0 Å². The van der Waals surface area contributed by atoms with E-state index in [-0.39, 0.29) is 0 Å². The average molecular weight is 147 g/mol. The first-order valence-electron chi connectivity index (χ1n) is 3.63. The Labute approximate surface area is 67.3 Å². The molecule has 1 rings (SSSR count). The molecule has 0 amide bonds. The van der Waals surface area contributed by atoms with Gasteiger partial charge < -0.3 is 4.74 Å². The van der Waals surface area contributed by atoms with E-state index in [4.69, 9.17) is 4.74 Å². The predicted octanol–water partition coefficient (Wildman–Crippen LogP) is 2.44. The fourth-order valence-corrected chi connectivity index (χ4v) is 0.727. The number of hydrogen-bond acceptors (Lipinski definition) is 1. The molecule has 0 heterocycles. The number of ether oxygens (including phenoxy) is 1. The molecule has 0 N–H and O–H groups in total. The smallest absolute Gasteiger partial charge is 0.119 e. The number of rotatable bonds is 4. The Balaban J connectivity index is 2.33. The molecule has 0 spiro atoms. The first-order chi connectivity index (χ1) is 5.43. The summed E-state index contributed by atoms with van der Waals surface area (Å²) in [6.45, 7) is 4.30. The Hall–Kier alpha value is -1.24. The topological polar surface area (TPSA) is 9.23 Å². The molecule has 1 heteroatoms. The highest BCUT2D eigenvalue weighted by Crippen LogP contribution is 2.07. The van der Waals surface area contributed by atoms with E-state index >= 15 is 0 Å². The third kappa shape index (κ3) is 2.89. The predicted molar refractivity (Wildman–Crippen MR) is 45.6 cm³/mol. The zero-order chi connectivity index (χ0) is 7.94. The van der Waals surface area contributed by atoms with E-state index in [0.29, 0.717) is 6.61 Å². The summed E-state index contributed by atoms with van der Waals surface area (Å²) in [4.78, 5) is 0. The highest BCUT2D eigenvalue weighted by molar-refractivity contribution is 5.19. The SMILES string of the molecule is C=CCCOc1c[c]ccc1. The van der Waals surface area contributed by atoms with Crippen molar-refractivity contribution in [3.05, 3.63) is 43.0 Å². The maximum absolute atomic E-state index is 5.34. The molecule has 11 heavy (non-hydrogen) atoms. The van der Waals surface area contributed by atoms with Crippen LogP contribution in [-0.2, 0) is 0 Å². The summed E-state index contributed by atoms with van der Waals surface area (Å²) in [6.07, 6.45) is 2.72. The van der Waals surface area contributed by atoms with Crippen LogP contribution in [0.2, 0.25) is 0 Å². The van der Waals surface area contributed by atoms with Crippen LogP contribution in [0.4, 0.5) is 0 Å². The standard InChI is InChI=1S/C10H11O/c1-2-3-9-11-10-7-5-4-6-8-10/h2,4-5,7-8H,1,3,9H2. The van der Waals surface area contributed by atoms with Gasteiger partial charge in [0.1, 0.15) is 5.75 Å². The largest absolute Gasteiger partial charge is 0.493 e. The van der Waals surface area contributed by atoms with Gasteiger partial charge in [-0.3, -0.25) is 0 Å². The molecule has 0 saturated heterocycles. The van der Waals surface area contributed by atoms with Crippen molar-refractivity contribution >= 4 is 0 Å². The first-order valence-corrected chi connectivity index (χ1v) is 3.63. The molecule has 0 aliphatic carbocycles. The molecule has 0 saturated carbocycles. The maximum Gasteiger partial charge on any atom is 0.119 e. The van der Waals surface area contributed by atoms with Gasteiger partial charge in [0.15, 0.2) is 0 Å². The van der Waals surface area contributed by atoms with Crippen LogP contribution in [0.25, 0.3) is 0 Å². The zero-order valence-corrected chi connectivity index (χ0v) is 6.42. The van der Waals surface area contributed by atoms with Crippen LogP contribution in [0.3, 0.4) is 0 Å². The lowest BCUT2D eigenvalue weighted by Crippen LogP contribution is -1.94. The van der Waals surface area contributed by atoms with Gasteiger partial charge in [0, 0.05) is 0 Å². The Morgan fingerprint density at radius 2 is 2.55 bits per heavy atom. The molecule has 57 valence electrons. The Bertz CT molecular complexity index is 203. The molecule has 1 aromatic rings. The summed E-state index contributed by atoms with van der Waals surface area (Å²) in [5.41, 5.74) is 0. The van der Waals surface area contributed by atoms with Gasteiger partial charge >= 0.3 is 0 Å². The Morgan fingerprint density at radius 1 is 1.64 bits per heavy atom. The molecular weight excluding hydrogens is 136 g/mol. The van der Waals surface area contributed by atoms with Crippen molar-refractivity contribution in [3.63, 3.8) is 0 Å². The minimum atomic E-state index is 0.696. The molecule has 0 aliphatic rings. The molecular formula is C10H11O. The third-order valence-electron chi connectivity index (χ3n) is 1.27. The fourth-order valence-electron chi connectivity index (χ4n) is 0.727. The van der Waals surface area contributed by atoms with E-state index < -0.39 is 0 Å². The number of benzene rings is 1. The van der Waals surface area contributed by atoms with Crippen LogP contribution >= 0.6 is 0 Å². The highest BCUT2D eigenvalue weighted by atomic mass is 16.5. The van der Waals surface area contributed by atoms with Crippen molar-refractivity contribution in [1.82, 2.24) is 0 Å². The zero-order valence-electron chi connectivity index (χ0n) is 6.42. The molecule has 0 atom stereocenters. The molecule has 1 nitrogen and oxygen atoms in total. The number of hydrogen-bond donors (Lipinski definition) is 0. The van der Waals surface area contributed by atoms with Crippen molar-refractivity contribution < 1.29 is 4.74 Å². The quantitative estimate of drug-likeness (QED) is 0.469. The summed E-state index contributed by atoms with van der Waals surface area (Å²) >= 11 is 0.